The van der Waals surface area contributed by atoms with Crippen LogP contribution in [-0.4, -0.2) is 5.54 Å². The average molecular weight is 191 g/mol. The minimum atomic E-state index is -0.0593. The van der Waals surface area contributed by atoms with Crippen LogP contribution in [0.25, 0.3) is 0 Å². The second kappa shape index (κ2) is 4.14. The Morgan fingerprint density at radius 2 is 1.86 bits per heavy atom. The molecule has 0 aliphatic rings. The molecule has 1 rings (SSSR count). The van der Waals surface area contributed by atoms with Crippen LogP contribution in [0.2, 0.25) is 0 Å². The molecule has 0 atom stereocenters. The zero-order valence-corrected chi connectivity index (χ0v) is 9.72. The fraction of sp³-hybridized carbons (Fsp3) is 0.538. The lowest BCUT2D eigenvalue weighted by Crippen LogP contribution is -2.32. The van der Waals surface area contributed by atoms with E-state index < -0.39 is 0 Å². The first-order valence-corrected chi connectivity index (χ1v) is 5.24. The summed E-state index contributed by atoms with van der Waals surface area (Å²) >= 11 is 0. The van der Waals surface area contributed by atoms with Crippen LogP contribution in [0.3, 0.4) is 0 Å². The predicted octanol–water partition coefficient (Wildman–Crippen LogP) is 2.97. The van der Waals surface area contributed by atoms with Crippen molar-refractivity contribution in [2.45, 2.75) is 46.1 Å². The fourth-order valence-corrected chi connectivity index (χ4v) is 1.54. The van der Waals surface area contributed by atoms with E-state index in [4.69, 9.17) is 5.73 Å². The van der Waals surface area contributed by atoms with Gasteiger partial charge in [0.25, 0.3) is 0 Å². The molecule has 0 aromatic heterocycles. The standard InChI is InChI=1S/C13H21N/c1-10-6-5-7-12(11(10)2)8-9-13(3,4)14/h5-7H,8-9,14H2,1-4H3. The molecule has 1 nitrogen and oxygen atoms in total. The first kappa shape index (κ1) is 11.3. The summed E-state index contributed by atoms with van der Waals surface area (Å²) < 4.78 is 0. The molecule has 0 radical (unpaired) electrons. The molecule has 0 saturated heterocycles. The van der Waals surface area contributed by atoms with Gasteiger partial charge < -0.3 is 5.73 Å². The van der Waals surface area contributed by atoms with Crippen molar-refractivity contribution in [3.05, 3.63) is 34.9 Å². The average Bonchev–Trinajstić information content (AvgIpc) is 2.06. The normalized spacial score (nSPS) is 11.8. The third kappa shape index (κ3) is 3.15. The summed E-state index contributed by atoms with van der Waals surface area (Å²) in [5.74, 6) is 0. The van der Waals surface area contributed by atoms with Crippen LogP contribution < -0.4 is 5.73 Å². The van der Waals surface area contributed by atoms with Crippen molar-refractivity contribution in [3.63, 3.8) is 0 Å². The first-order chi connectivity index (χ1) is 6.40. The van der Waals surface area contributed by atoms with Crippen LogP contribution in [0, 0.1) is 13.8 Å². The lowest BCUT2D eigenvalue weighted by atomic mass is 9.93. The molecule has 14 heavy (non-hydrogen) atoms. The molecule has 0 heterocycles. The van der Waals surface area contributed by atoms with E-state index in [1.54, 1.807) is 0 Å². The summed E-state index contributed by atoms with van der Waals surface area (Å²) in [6.07, 6.45) is 2.12. The summed E-state index contributed by atoms with van der Waals surface area (Å²) in [7, 11) is 0. The highest BCUT2D eigenvalue weighted by Crippen LogP contribution is 2.17. The van der Waals surface area contributed by atoms with Gasteiger partial charge in [0.1, 0.15) is 0 Å². The Hall–Kier alpha value is -0.820. The third-order valence-electron chi connectivity index (χ3n) is 2.76. The van der Waals surface area contributed by atoms with Crippen molar-refractivity contribution >= 4 is 0 Å². The first-order valence-electron chi connectivity index (χ1n) is 5.24. The number of benzene rings is 1. The zero-order chi connectivity index (χ0) is 10.8. The Kier molecular flexibility index (Phi) is 3.33. The van der Waals surface area contributed by atoms with E-state index in [2.05, 4.69) is 45.9 Å². The van der Waals surface area contributed by atoms with Crippen LogP contribution in [0.1, 0.15) is 37.0 Å². The number of nitrogens with two attached hydrogens (primary N) is 1. The lowest BCUT2D eigenvalue weighted by Gasteiger charge is -2.19. The molecule has 0 unspecified atom stereocenters. The Bertz CT molecular complexity index is 308. The van der Waals surface area contributed by atoms with Gasteiger partial charge in [0.2, 0.25) is 0 Å². The van der Waals surface area contributed by atoms with Gasteiger partial charge in [-0.2, -0.15) is 0 Å². The highest BCUT2D eigenvalue weighted by Gasteiger charge is 2.11. The van der Waals surface area contributed by atoms with Gasteiger partial charge in [0.15, 0.2) is 0 Å². The summed E-state index contributed by atoms with van der Waals surface area (Å²) in [5.41, 5.74) is 10.1. The van der Waals surface area contributed by atoms with Crippen molar-refractivity contribution in [1.82, 2.24) is 0 Å². The molecule has 0 fully saturated rings. The van der Waals surface area contributed by atoms with E-state index in [1.807, 2.05) is 0 Å². The fourth-order valence-electron chi connectivity index (χ4n) is 1.54. The van der Waals surface area contributed by atoms with Gasteiger partial charge in [-0.3, -0.25) is 0 Å². The SMILES string of the molecule is Cc1cccc(CCC(C)(C)N)c1C. The maximum absolute atomic E-state index is 5.97. The highest BCUT2D eigenvalue weighted by molar-refractivity contribution is 5.33. The van der Waals surface area contributed by atoms with Crippen molar-refractivity contribution < 1.29 is 0 Å². The van der Waals surface area contributed by atoms with Crippen LogP contribution >= 0.6 is 0 Å². The molecule has 0 aliphatic carbocycles. The molecule has 1 heteroatoms. The predicted molar refractivity (Wildman–Crippen MR) is 62.5 cm³/mol. The van der Waals surface area contributed by atoms with E-state index >= 15 is 0 Å². The number of aryl methyl sites for hydroxylation is 2. The minimum Gasteiger partial charge on any atom is -0.326 e. The van der Waals surface area contributed by atoms with Crippen molar-refractivity contribution in [2.75, 3.05) is 0 Å². The van der Waals surface area contributed by atoms with Crippen molar-refractivity contribution in [3.8, 4) is 0 Å². The quantitative estimate of drug-likeness (QED) is 0.781. The number of hydrogen-bond donors (Lipinski definition) is 1. The Labute approximate surface area is 87.3 Å². The van der Waals surface area contributed by atoms with Gasteiger partial charge in [-0.1, -0.05) is 18.2 Å². The van der Waals surface area contributed by atoms with Crippen LogP contribution in [0.4, 0.5) is 0 Å². The number of hydrogen-bond acceptors (Lipinski definition) is 1. The van der Waals surface area contributed by atoms with Crippen molar-refractivity contribution in [1.29, 1.82) is 0 Å². The van der Waals surface area contributed by atoms with E-state index in [1.165, 1.54) is 16.7 Å². The monoisotopic (exact) mass is 191 g/mol. The zero-order valence-electron chi connectivity index (χ0n) is 9.72. The Balaban J connectivity index is 2.73. The molecule has 0 saturated carbocycles. The molecule has 1 aromatic carbocycles. The van der Waals surface area contributed by atoms with Gasteiger partial charge in [0, 0.05) is 5.54 Å². The second-order valence-corrected chi connectivity index (χ2v) is 4.85. The van der Waals surface area contributed by atoms with E-state index in [9.17, 15) is 0 Å². The summed E-state index contributed by atoms with van der Waals surface area (Å²) in [5, 5.41) is 0. The Morgan fingerprint density at radius 1 is 1.21 bits per heavy atom. The van der Waals surface area contributed by atoms with E-state index in [0.29, 0.717) is 0 Å². The van der Waals surface area contributed by atoms with Crippen LogP contribution in [0.5, 0.6) is 0 Å². The van der Waals surface area contributed by atoms with Crippen LogP contribution in [0.15, 0.2) is 18.2 Å². The summed E-state index contributed by atoms with van der Waals surface area (Å²) in [6.45, 7) is 8.51. The molecular formula is C13H21N. The van der Waals surface area contributed by atoms with E-state index in [0.717, 1.165) is 12.8 Å². The molecular weight excluding hydrogens is 170 g/mol. The minimum absolute atomic E-state index is 0.0593. The molecule has 1 aromatic rings. The third-order valence-corrected chi connectivity index (χ3v) is 2.76. The van der Waals surface area contributed by atoms with Gasteiger partial charge in [0.05, 0.1) is 0 Å². The molecule has 0 bridgehead atoms. The van der Waals surface area contributed by atoms with Gasteiger partial charge in [-0.25, -0.2) is 0 Å². The molecule has 78 valence electrons. The second-order valence-electron chi connectivity index (χ2n) is 4.85. The molecule has 0 aliphatic heterocycles. The maximum atomic E-state index is 5.97. The summed E-state index contributed by atoms with van der Waals surface area (Å²) in [4.78, 5) is 0. The largest absolute Gasteiger partial charge is 0.326 e. The molecule has 2 N–H and O–H groups in total. The molecule has 0 amide bonds. The summed E-state index contributed by atoms with van der Waals surface area (Å²) in [6, 6.07) is 6.49. The maximum Gasteiger partial charge on any atom is 0.0100 e. The van der Waals surface area contributed by atoms with Crippen LogP contribution in [-0.2, 0) is 6.42 Å². The Morgan fingerprint density at radius 3 is 2.43 bits per heavy atom. The topological polar surface area (TPSA) is 26.0 Å². The number of rotatable bonds is 3. The van der Waals surface area contributed by atoms with Crippen molar-refractivity contribution in [2.24, 2.45) is 5.73 Å². The van der Waals surface area contributed by atoms with Gasteiger partial charge >= 0.3 is 0 Å². The molecule has 0 spiro atoms. The van der Waals surface area contributed by atoms with Gasteiger partial charge in [-0.15, -0.1) is 0 Å². The van der Waals surface area contributed by atoms with Gasteiger partial charge in [-0.05, 0) is 57.2 Å². The highest BCUT2D eigenvalue weighted by atomic mass is 14.7. The van der Waals surface area contributed by atoms with E-state index in [-0.39, 0.29) is 5.54 Å². The smallest absolute Gasteiger partial charge is 0.0100 e. The lowest BCUT2D eigenvalue weighted by molar-refractivity contribution is 0.476.